The first-order valence-electron chi connectivity index (χ1n) is 10.9. The predicted octanol–water partition coefficient (Wildman–Crippen LogP) is 4.31. The number of carbonyl (C=O) groups is 1. The van der Waals surface area contributed by atoms with E-state index >= 15 is 0 Å². The summed E-state index contributed by atoms with van der Waals surface area (Å²) in [4.78, 5) is 20.5. The zero-order chi connectivity index (χ0) is 25.3. The van der Waals surface area contributed by atoms with Crippen LogP contribution in [0, 0.1) is 18.3 Å². The maximum absolute atomic E-state index is 12.6. The SMILES string of the molecule is CCCCOc1cccc(C=C(C#N)C(=O)Nc2ccc(S(=O)(=O)Nc3nccc(C)n3)cc2)c1. The van der Waals surface area contributed by atoms with Gasteiger partial charge in [0.05, 0.1) is 11.5 Å². The third-order valence-corrected chi connectivity index (χ3v) is 6.09. The van der Waals surface area contributed by atoms with Crippen molar-refractivity contribution in [3.8, 4) is 11.8 Å². The lowest BCUT2D eigenvalue weighted by Crippen LogP contribution is -2.16. The molecule has 0 atom stereocenters. The van der Waals surface area contributed by atoms with Gasteiger partial charge in [-0.1, -0.05) is 25.5 Å². The second-order valence-corrected chi connectivity index (χ2v) is 9.23. The van der Waals surface area contributed by atoms with E-state index in [1.165, 1.54) is 36.5 Å². The van der Waals surface area contributed by atoms with E-state index in [9.17, 15) is 18.5 Å². The Hall–Kier alpha value is -4.23. The summed E-state index contributed by atoms with van der Waals surface area (Å²) in [6, 6.07) is 16.2. The second kappa shape index (κ2) is 11.8. The van der Waals surface area contributed by atoms with Gasteiger partial charge in [-0.3, -0.25) is 4.79 Å². The molecule has 10 heteroatoms. The van der Waals surface area contributed by atoms with Crippen LogP contribution >= 0.6 is 0 Å². The minimum atomic E-state index is -3.91. The predicted molar refractivity (Wildman–Crippen MR) is 133 cm³/mol. The Morgan fingerprint density at radius 2 is 1.94 bits per heavy atom. The van der Waals surface area contributed by atoms with Crippen LogP contribution < -0.4 is 14.8 Å². The topological polar surface area (TPSA) is 134 Å². The molecule has 180 valence electrons. The summed E-state index contributed by atoms with van der Waals surface area (Å²) in [7, 11) is -3.91. The van der Waals surface area contributed by atoms with E-state index in [0.29, 0.717) is 29.3 Å². The number of nitrogens with one attached hydrogen (secondary N) is 2. The number of carbonyl (C=O) groups excluding carboxylic acids is 1. The Bertz CT molecular complexity index is 1360. The van der Waals surface area contributed by atoms with Crippen molar-refractivity contribution in [2.75, 3.05) is 16.6 Å². The molecule has 0 aliphatic rings. The number of benzene rings is 2. The number of anilines is 2. The van der Waals surface area contributed by atoms with E-state index < -0.39 is 15.9 Å². The highest BCUT2D eigenvalue weighted by atomic mass is 32.2. The molecular weight excluding hydrogens is 466 g/mol. The molecule has 0 saturated heterocycles. The van der Waals surface area contributed by atoms with Crippen molar-refractivity contribution < 1.29 is 17.9 Å². The van der Waals surface area contributed by atoms with Gasteiger partial charge >= 0.3 is 0 Å². The van der Waals surface area contributed by atoms with Crippen LogP contribution in [-0.2, 0) is 14.8 Å². The molecule has 0 aliphatic heterocycles. The number of hydrogen-bond acceptors (Lipinski definition) is 7. The molecule has 3 aromatic rings. The van der Waals surface area contributed by atoms with E-state index in [1.54, 1.807) is 31.2 Å². The Labute approximate surface area is 204 Å². The molecule has 0 saturated carbocycles. The molecule has 2 aromatic carbocycles. The Kier molecular flexibility index (Phi) is 8.53. The summed E-state index contributed by atoms with van der Waals surface area (Å²) in [6.07, 6.45) is 4.87. The number of sulfonamides is 1. The molecule has 0 spiro atoms. The molecule has 0 aliphatic carbocycles. The fraction of sp³-hybridized carbons (Fsp3) is 0.200. The van der Waals surface area contributed by atoms with Crippen LogP contribution in [0.1, 0.15) is 31.0 Å². The highest BCUT2D eigenvalue weighted by Crippen LogP contribution is 2.19. The van der Waals surface area contributed by atoms with Crippen molar-refractivity contribution in [1.29, 1.82) is 5.26 Å². The number of aryl methyl sites for hydroxylation is 1. The molecule has 0 unspecified atom stereocenters. The number of amides is 1. The number of aromatic nitrogens is 2. The van der Waals surface area contributed by atoms with Gasteiger partial charge in [0.2, 0.25) is 5.95 Å². The van der Waals surface area contributed by atoms with Crippen LogP contribution in [0.15, 0.2) is 71.3 Å². The average molecular weight is 492 g/mol. The Morgan fingerprint density at radius 3 is 2.63 bits per heavy atom. The molecular formula is C25H25N5O4S. The van der Waals surface area contributed by atoms with Crippen molar-refractivity contribution in [1.82, 2.24) is 9.97 Å². The highest BCUT2D eigenvalue weighted by Gasteiger charge is 2.16. The van der Waals surface area contributed by atoms with E-state index in [4.69, 9.17) is 4.74 Å². The lowest BCUT2D eigenvalue weighted by atomic mass is 10.1. The molecule has 1 amide bonds. The number of ether oxygens (including phenoxy) is 1. The third-order valence-electron chi connectivity index (χ3n) is 4.74. The van der Waals surface area contributed by atoms with Gasteiger partial charge in [0.15, 0.2) is 0 Å². The zero-order valence-electron chi connectivity index (χ0n) is 19.4. The molecule has 3 rings (SSSR count). The second-order valence-electron chi connectivity index (χ2n) is 7.55. The monoisotopic (exact) mass is 491 g/mol. The van der Waals surface area contributed by atoms with Crippen molar-refractivity contribution in [2.45, 2.75) is 31.6 Å². The van der Waals surface area contributed by atoms with Crippen molar-refractivity contribution in [3.63, 3.8) is 0 Å². The van der Waals surface area contributed by atoms with Gasteiger partial charge in [-0.05, 0) is 67.4 Å². The van der Waals surface area contributed by atoms with Gasteiger partial charge in [0, 0.05) is 17.6 Å². The Morgan fingerprint density at radius 1 is 1.17 bits per heavy atom. The number of nitriles is 1. The molecule has 35 heavy (non-hydrogen) atoms. The van der Waals surface area contributed by atoms with Crippen LogP contribution in [0.25, 0.3) is 6.08 Å². The van der Waals surface area contributed by atoms with Crippen LogP contribution in [0.2, 0.25) is 0 Å². The lowest BCUT2D eigenvalue weighted by molar-refractivity contribution is -0.112. The standard InChI is InChI=1S/C25H25N5O4S/c1-3-4-14-34-22-7-5-6-19(16-22)15-20(17-26)24(31)29-21-8-10-23(11-9-21)35(32,33)30-25-27-13-12-18(2)28-25/h5-13,15-16H,3-4,14H2,1-2H3,(H,29,31)(H,27,28,30). The normalized spacial score (nSPS) is 11.4. The van der Waals surface area contributed by atoms with Gasteiger partial charge in [-0.25, -0.2) is 23.1 Å². The summed E-state index contributed by atoms with van der Waals surface area (Å²) in [5.74, 6) is 0.00378. The fourth-order valence-electron chi connectivity index (χ4n) is 2.94. The number of rotatable bonds is 10. The molecule has 2 N–H and O–H groups in total. The first kappa shape index (κ1) is 25.4. The van der Waals surface area contributed by atoms with Gasteiger partial charge in [0.1, 0.15) is 17.4 Å². The summed E-state index contributed by atoms with van der Waals surface area (Å²) in [6.45, 7) is 4.39. The summed E-state index contributed by atoms with van der Waals surface area (Å²) < 4.78 is 33.1. The van der Waals surface area contributed by atoms with Crippen LogP contribution in [0.3, 0.4) is 0 Å². The summed E-state index contributed by atoms with van der Waals surface area (Å²) in [5.41, 5.74) is 1.49. The summed E-state index contributed by atoms with van der Waals surface area (Å²) >= 11 is 0. The minimum Gasteiger partial charge on any atom is -0.494 e. The van der Waals surface area contributed by atoms with Gasteiger partial charge in [0.25, 0.3) is 15.9 Å². The smallest absolute Gasteiger partial charge is 0.266 e. The molecule has 9 nitrogen and oxygen atoms in total. The van der Waals surface area contributed by atoms with Gasteiger partial charge < -0.3 is 10.1 Å². The van der Waals surface area contributed by atoms with Gasteiger partial charge in [-0.2, -0.15) is 5.26 Å². The van der Waals surface area contributed by atoms with Gasteiger partial charge in [-0.15, -0.1) is 0 Å². The van der Waals surface area contributed by atoms with Crippen molar-refractivity contribution in [2.24, 2.45) is 0 Å². The number of hydrogen-bond donors (Lipinski definition) is 2. The molecule has 0 radical (unpaired) electrons. The summed E-state index contributed by atoms with van der Waals surface area (Å²) in [5, 5.41) is 12.1. The van der Waals surface area contributed by atoms with E-state index in [-0.39, 0.29) is 16.4 Å². The quantitative estimate of drug-likeness (QED) is 0.245. The van der Waals surface area contributed by atoms with Crippen LogP contribution in [0.5, 0.6) is 5.75 Å². The van der Waals surface area contributed by atoms with Crippen LogP contribution in [0.4, 0.5) is 11.6 Å². The zero-order valence-corrected chi connectivity index (χ0v) is 20.2. The largest absolute Gasteiger partial charge is 0.494 e. The highest BCUT2D eigenvalue weighted by molar-refractivity contribution is 7.92. The maximum Gasteiger partial charge on any atom is 0.266 e. The van der Waals surface area contributed by atoms with Crippen LogP contribution in [-0.4, -0.2) is 30.9 Å². The van der Waals surface area contributed by atoms with E-state index in [2.05, 4.69) is 26.9 Å². The van der Waals surface area contributed by atoms with E-state index in [0.717, 1.165) is 12.8 Å². The number of nitrogens with zero attached hydrogens (tertiary/aromatic N) is 3. The maximum atomic E-state index is 12.6. The molecule has 1 aromatic heterocycles. The Balaban J connectivity index is 1.69. The fourth-order valence-corrected chi connectivity index (χ4v) is 3.89. The van der Waals surface area contributed by atoms with E-state index in [1.807, 2.05) is 12.1 Å². The molecule has 0 bridgehead atoms. The first-order chi connectivity index (χ1) is 16.8. The third kappa shape index (κ3) is 7.38. The molecule has 1 heterocycles. The average Bonchev–Trinajstić information content (AvgIpc) is 2.83. The molecule has 0 fully saturated rings. The lowest BCUT2D eigenvalue weighted by Gasteiger charge is -2.09. The first-order valence-corrected chi connectivity index (χ1v) is 12.4. The van der Waals surface area contributed by atoms with Crippen molar-refractivity contribution >= 4 is 33.6 Å². The minimum absolute atomic E-state index is 0.0310. The van der Waals surface area contributed by atoms with Crippen molar-refractivity contribution in [3.05, 3.63) is 77.6 Å². The number of unbranched alkanes of at least 4 members (excludes halogenated alkanes) is 1.